The molecule has 1 aromatic carbocycles. The Kier molecular flexibility index (Phi) is 4.77. The van der Waals surface area contributed by atoms with Crippen LogP contribution < -0.4 is 10.1 Å². The maximum Gasteiger partial charge on any atom is 0.269 e. The number of aliphatic hydroxyl groups is 1. The van der Waals surface area contributed by atoms with Gasteiger partial charge >= 0.3 is 0 Å². The fourth-order valence-electron chi connectivity index (χ4n) is 1.63. The summed E-state index contributed by atoms with van der Waals surface area (Å²) in [7, 11) is 1.53. The quantitative estimate of drug-likeness (QED) is 0.852. The van der Waals surface area contributed by atoms with E-state index in [1.54, 1.807) is 29.6 Å². The minimum Gasteiger partial charge on any atom is -0.495 e. The summed E-state index contributed by atoms with van der Waals surface area (Å²) >= 11 is 1.32. The van der Waals surface area contributed by atoms with E-state index in [0.717, 1.165) is 5.56 Å². The fraction of sp³-hybridized carbons (Fsp3) is 0.133. The Hall–Kier alpha value is -2.29. The van der Waals surface area contributed by atoms with E-state index < -0.39 is 0 Å². The van der Waals surface area contributed by atoms with Gasteiger partial charge in [0.2, 0.25) is 0 Å². The van der Waals surface area contributed by atoms with Crippen LogP contribution in [0.4, 0.5) is 5.69 Å². The molecule has 0 radical (unpaired) electrons. The van der Waals surface area contributed by atoms with E-state index in [1.807, 2.05) is 6.07 Å². The van der Waals surface area contributed by atoms with Gasteiger partial charge in [0.15, 0.2) is 0 Å². The Bertz CT molecular complexity index is 667. The molecule has 2 aromatic rings. The summed E-state index contributed by atoms with van der Waals surface area (Å²) in [5, 5.41) is 13.3. The van der Waals surface area contributed by atoms with Crippen molar-refractivity contribution < 1.29 is 14.6 Å². The van der Waals surface area contributed by atoms with Crippen molar-refractivity contribution in [2.24, 2.45) is 0 Å². The van der Waals surface area contributed by atoms with Crippen molar-refractivity contribution in [1.82, 2.24) is 0 Å². The highest BCUT2D eigenvalue weighted by molar-refractivity contribution is 7.12. The number of anilines is 1. The van der Waals surface area contributed by atoms with Crippen molar-refractivity contribution >= 4 is 22.9 Å². The van der Waals surface area contributed by atoms with Gasteiger partial charge in [0, 0.05) is 11.3 Å². The van der Waals surface area contributed by atoms with Crippen LogP contribution >= 0.6 is 11.3 Å². The summed E-state index contributed by atoms with van der Waals surface area (Å²) in [6.45, 7) is -0.191. The van der Waals surface area contributed by atoms with Crippen molar-refractivity contribution in [3.8, 4) is 17.6 Å². The standard InChI is InChI=1S/C15H13NO3S/c1-19-13-7-9-20-14(13)15(18)16-12-6-2-4-11(10-12)5-3-8-17/h2,4,6-7,9-10,17H,8H2,1H3,(H,16,18). The first-order valence-corrected chi connectivity index (χ1v) is 6.75. The molecule has 5 heteroatoms. The number of carbonyl (C=O) groups excluding carboxylic acids is 1. The number of amides is 1. The Balaban J connectivity index is 2.16. The molecule has 1 aromatic heterocycles. The van der Waals surface area contributed by atoms with Crippen molar-refractivity contribution in [2.75, 3.05) is 19.0 Å². The minimum atomic E-state index is -0.218. The molecule has 0 aliphatic heterocycles. The first kappa shape index (κ1) is 14.1. The molecule has 0 aliphatic carbocycles. The van der Waals surface area contributed by atoms with Gasteiger partial charge < -0.3 is 15.2 Å². The Morgan fingerprint density at radius 2 is 2.30 bits per heavy atom. The van der Waals surface area contributed by atoms with Crippen molar-refractivity contribution in [3.05, 3.63) is 46.2 Å². The maximum absolute atomic E-state index is 12.1. The number of hydrogen-bond acceptors (Lipinski definition) is 4. The summed E-state index contributed by atoms with van der Waals surface area (Å²) < 4.78 is 5.12. The number of benzene rings is 1. The van der Waals surface area contributed by atoms with Crippen molar-refractivity contribution in [2.45, 2.75) is 0 Å². The Morgan fingerprint density at radius 3 is 3.05 bits per heavy atom. The number of hydrogen-bond donors (Lipinski definition) is 2. The third kappa shape index (κ3) is 3.38. The summed E-state index contributed by atoms with van der Waals surface area (Å²) in [5.74, 6) is 5.70. The third-order valence-electron chi connectivity index (χ3n) is 2.49. The molecule has 1 heterocycles. The molecular formula is C15H13NO3S. The molecule has 102 valence electrons. The van der Waals surface area contributed by atoms with Gasteiger partial charge in [0.1, 0.15) is 17.2 Å². The van der Waals surface area contributed by atoms with Crippen LogP contribution in [0.5, 0.6) is 5.75 Å². The highest BCUT2D eigenvalue weighted by atomic mass is 32.1. The monoisotopic (exact) mass is 287 g/mol. The lowest BCUT2D eigenvalue weighted by Gasteiger charge is -2.05. The zero-order chi connectivity index (χ0) is 14.4. The van der Waals surface area contributed by atoms with Gasteiger partial charge in [0.05, 0.1) is 7.11 Å². The molecule has 0 atom stereocenters. The average molecular weight is 287 g/mol. The normalized spacial score (nSPS) is 9.50. The average Bonchev–Trinajstić information content (AvgIpc) is 2.94. The second-order valence-corrected chi connectivity index (χ2v) is 4.73. The molecule has 0 spiro atoms. The van der Waals surface area contributed by atoms with Gasteiger partial charge in [-0.15, -0.1) is 11.3 Å². The zero-order valence-corrected chi connectivity index (χ0v) is 11.7. The van der Waals surface area contributed by atoms with Crippen LogP contribution in [0, 0.1) is 11.8 Å². The fourth-order valence-corrected chi connectivity index (χ4v) is 2.38. The van der Waals surface area contributed by atoms with Crippen molar-refractivity contribution in [3.63, 3.8) is 0 Å². The van der Waals surface area contributed by atoms with E-state index in [-0.39, 0.29) is 12.5 Å². The summed E-state index contributed by atoms with van der Waals surface area (Å²) in [5.41, 5.74) is 1.38. The lowest BCUT2D eigenvalue weighted by molar-refractivity contribution is 0.102. The van der Waals surface area contributed by atoms with E-state index in [1.165, 1.54) is 18.4 Å². The number of rotatable bonds is 3. The lowest BCUT2D eigenvalue weighted by Crippen LogP contribution is -2.11. The van der Waals surface area contributed by atoms with E-state index >= 15 is 0 Å². The number of thiophene rings is 1. The van der Waals surface area contributed by atoms with Crippen LogP contribution in [0.1, 0.15) is 15.2 Å². The number of methoxy groups -OCH3 is 1. The van der Waals surface area contributed by atoms with Crippen molar-refractivity contribution in [1.29, 1.82) is 0 Å². The van der Waals surface area contributed by atoms with Gasteiger partial charge in [-0.1, -0.05) is 17.9 Å². The molecule has 4 nitrogen and oxygen atoms in total. The second-order valence-electron chi connectivity index (χ2n) is 3.81. The van der Waals surface area contributed by atoms with Crippen LogP contribution in [0.15, 0.2) is 35.7 Å². The molecule has 0 saturated carbocycles. The highest BCUT2D eigenvalue weighted by Gasteiger charge is 2.13. The number of nitrogens with one attached hydrogen (secondary N) is 1. The van der Waals surface area contributed by atoms with Gasteiger partial charge in [0.25, 0.3) is 5.91 Å². The van der Waals surface area contributed by atoms with Gasteiger partial charge in [-0.3, -0.25) is 4.79 Å². The molecule has 0 bridgehead atoms. The first-order valence-electron chi connectivity index (χ1n) is 5.87. The van der Waals surface area contributed by atoms with E-state index in [0.29, 0.717) is 16.3 Å². The molecule has 0 saturated heterocycles. The molecule has 0 aliphatic rings. The topological polar surface area (TPSA) is 58.6 Å². The molecule has 0 fully saturated rings. The molecule has 2 rings (SSSR count). The van der Waals surface area contributed by atoms with Crippen LogP contribution in [0.3, 0.4) is 0 Å². The predicted molar refractivity (Wildman–Crippen MR) is 79.2 cm³/mol. The third-order valence-corrected chi connectivity index (χ3v) is 3.38. The van der Waals surface area contributed by atoms with E-state index in [9.17, 15) is 4.79 Å². The highest BCUT2D eigenvalue weighted by Crippen LogP contribution is 2.25. The molecule has 20 heavy (non-hydrogen) atoms. The molecule has 2 N–H and O–H groups in total. The molecule has 0 unspecified atom stereocenters. The number of aliphatic hydroxyl groups excluding tert-OH is 1. The Morgan fingerprint density at radius 1 is 1.45 bits per heavy atom. The maximum atomic E-state index is 12.1. The van der Waals surface area contributed by atoms with Crippen LogP contribution in [0.25, 0.3) is 0 Å². The van der Waals surface area contributed by atoms with Crippen LogP contribution in [0.2, 0.25) is 0 Å². The first-order chi connectivity index (χ1) is 9.74. The van der Waals surface area contributed by atoms with Gasteiger partial charge in [-0.05, 0) is 29.6 Å². The molecular weight excluding hydrogens is 274 g/mol. The van der Waals surface area contributed by atoms with E-state index in [4.69, 9.17) is 9.84 Å². The van der Waals surface area contributed by atoms with Crippen LogP contribution in [-0.2, 0) is 0 Å². The van der Waals surface area contributed by atoms with E-state index in [2.05, 4.69) is 17.2 Å². The van der Waals surface area contributed by atoms with Crippen LogP contribution in [-0.4, -0.2) is 24.7 Å². The molecule has 1 amide bonds. The largest absolute Gasteiger partial charge is 0.495 e. The summed E-state index contributed by atoms with van der Waals surface area (Å²) in [6.07, 6.45) is 0. The smallest absolute Gasteiger partial charge is 0.269 e. The number of ether oxygens (including phenoxy) is 1. The van der Waals surface area contributed by atoms with Gasteiger partial charge in [-0.2, -0.15) is 0 Å². The van der Waals surface area contributed by atoms with Gasteiger partial charge in [-0.25, -0.2) is 0 Å². The SMILES string of the molecule is COc1ccsc1C(=O)Nc1cccc(C#CCO)c1. The number of carbonyl (C=O) groups is 1. The zero-order valence-electron chi connectivity index (χ0n) is 10.8. The second kappa shape index (κ2) is 6.75. The predicted octanol–water partition coefficient (Wildman–Crippen LogP) is 2.35. The summed E-state index contributed by atoms with van der Waals surface area (Å²) in [6, 6.07) is 8.89. The lowest BCUT2D eigenvalue weighted by atomic mass is 10.2. The minimum absolute atomic E-state index is 0.191. The summed E-state index contributed by atoms with van der Waals surface area (Å²) in [4.78, 5) is 12.7. The Labute approximate surface area is 121 Å².